The molecule has 0 aliphatic carbocycles. The predicted molar refractivity (Wildman–Crippen MR) is 193 cm³/mol. The second-order valence-corrected chi connectivity index (χ2v) is 14.6. The lowest BCUT2D eigenvalue weighted by atomic mass is 9.92. The molecule has 2 aromatic heterocycles. The minimum atomic E-state index is -0.995. The zero-order valence-corrected chi connectivity index (χ0v) is 29.9. The molecule has 0 bridgehead atoms. The summed E-state index contributed by atoms with van der Waals surface area (Å²) in [6.07, 6.45) is 2.59. The minimum absolute atomic E-state index is 0.0696. The van der Waals surface area contributed by atoms with Gasteiger partial charge in [-0.15, -0.1) is 0 Å². The number of imidazole rings is 1. The molecule has 4 N–H and O–H groups in total. The summed E-state index contributed by atoms with van der Waals surface area (Å²) in [5, 5.41) is 6.80. The molecule has 4 aromatic rings. The van der Waals surface area contributed by atoms with E-state index in [4.69, 9.17) is 4.74 Å². The maximum absolute atomic E-state index is 14.0. The molecular weight excluding hydrogens is 652 g/mol. The standard InChI is InChI=1S/C37H48N8O6/c1-23(27-22-38-28-11-7-6-10-26(27)28)31(32(46)39-24(2)33(47)42-18-20-44(21-19-42)36(50)51-37(3,4)5)41-34(48)43-16-14-25(15-17-43)45-30-13-9-8-12-29(30)40-35(45)49/h6-13,22-25,31,38H,14-21H2,1-5H3,(H,39,46)(H,40,49)(H,41,48)/t23-,24+,31+/m0/s1. The third kappa shape index (κ3) is 7.74. The molecule has 14 heteroatoms. The number of amides is 5. The first-order valence-corrected chi connectivity index (χ1v) is 17.7. The van der Waals surface area contributed by atoms with Gasteiger partial charge in [0.1, 0.15) is 17.7 Å². The number of piperidine rings is 1. The number of aromatic nitrogens is 3. The van der Waals surface area contributed by atoms with E-state index in [-0.39, 0.29) is 23.7 Å². The van der Waals surface area contributed by atoms with Crippen LogP contribution in [0, 0.1) is 0 Å². The summed E-state index contributed by atoms with van der Waals surface area (Å²) in [6.45, 7) is 11.0. The van der Waals surface area contributed by atoms with Gasteiger partial charge in [-0.2, -0.15) is 0 Å². The molecule has 5 amide bonds. The van der Waals surface area contributed by atoms with Crippen molar-refractivity contribution in [2.24, 2.45) is 0 Å². The molecule has 0 radical (unpaired) electrons. The van der Waals surface area contributed by atoms with Gasteiger partial charge in [-0.3, -0.25) is 14.2 Å². The topological polar surface area (TPSA) is 165 Å². The lowest BCUT2D eigenvalue weighted by molar-refractivity contribution is -0.137. The van der Waals surface area contributed by atoms with Gasteiger partial charge in [0.15, 0.2) is 0 Å². The molecule has 51 heavy (non-hydrogen) atoms. The fourth-order valence-corrected chi connectivity index (χ4v) is 7.13. The summed E-state index contributed by atoms with van der Waals surface area (Å²) in [5.74, 6) is -1.20. The van der Waals surface area contributed by atoms with E-state index in [0.29, 0.717) is 52.1 Å². The Morgan fingerprint density at radius 1 is 0.824 bits per heavy atom. The molecule has 0 unspecified atom stereocenters. The number of H-pyrrole nitrogens is 2. The summed E-state index contributed by atoms with van der Waals surface area (Å²) in [7, 11) is 0. The fourth-order valence-electron chi connectivity index (χ4n) is 7.13. The lowest BCUT2D eigenvalue weighted by Gasteiger charge is -2.37. The van der Waals surface area contributed by atoms with E-state index < -0.39 is 35.6 Å². The van der Waals surface area contributed by atoms with Gasteiger partial charge in [-0.05, 0) is 64.3 Å². The molecular formula is C37H48N8O6. The van der Waals surface area contributed by atoms with E-state index in [9.17, 15) is 24.0 Å². The number of hydrogen-bond acceptors (Lipinski definition) is 6. The van der Waals surface area contributed by atoms with Crippen LogP contribution >= 0.6 is 0 Å². The van der Waals surface area contributed by atoms with Crippen molar-refractivity contribution in [3.8, 4) is 0 Å². The van der Waals surface area contributed by atoms with Gasteiger partial charge in [-0.25, -0.2) is 14.4 Å². The predicted octanol–water partition coefficient (Wildman–Crippen LogP) is 3.91. The Kier molecular flexibility index (Phi) is 10.1. The molecule has 2 aromatic carbocycles. The quantitative estimate of drug-likeness (QED) is 0.228. The van der Waals surface area contributed by atoms with Crippen molar-refractivity contribution in [1.82, 2.24) is 39.9 Å². The zero-order chi connectivity index (χ0) is 36.4. The van der Waals surface area contributed by atoms with Gasteiger partial charge in [0.25, 0.3) is 0 Å². The van der Waals surface area contributed by atoms with Crippen LogP contribution in [0.4, 0.5) is 9.59 Å². The number of nitrogens with one attached hydrogen (secondary N) is 4. The fraction of sp³-hybridized carbons (Fsp3) is 0.486. The zero-order valence-electron chi connectivity index (χ0n) is 29.9. The van der Waals surface area contributed by atoms with E-state index >= 15 is 0 Å². The summed E-state index contributed by atoms with van der Waals surface area (Å²) in [5.41, 5.74) is 2.60. The third-order valence-electron chi connectivity index (χ3n) is 9.89. The molecule has 14 nitrogen and oxygen atoms in total. The van der Waals surface area contributed by atoms with E-state index in [1.165, 1.54) is 0 Å². The maximum Gasteiger partial charge on any atom is 0.410 e. The second-order valence-electron chi connectivity index (χ2n) is 14.6. The highest BCUT2D eigenvalue weighted by molar-refractivity contribution is 5.93. The average molecular weight is 701 g/mol. The van der Waals surface area contributed by atoms with Crippen molar-refractivity contribution < 1.29 is 23.9 Å². The number of nitrogens with zero attached hydrogens (tertiary/aromatic N) is 4. The van der Waals surface area contributed by atoms with E-state index in [0.717, 1.165) is 27.5 Å². The number of para-hydroxylation sites is 3. The van der Waals surface area contributed by atoms with Crippen LogP contribution < -0.4 is 16.3 Å². The number of rotatable bonds is 7. The van der Waals surface area contributed by atoms with Gasteiger partial charge in [0, 0.05) is 68.3 Å². The third-order valence-corrected chi connectivity index (χ3v) is 9.89. The number of ether oxygens (including phenoxy) is 1. The van der Waals surface area contributed by atoms with Crippen molar-refractivity contribution in [3.63, 3.8) is 0 Å². The van der Waals surface area contributed by atoms with Crippen LogP contribution in [0.25, 0.3) is 21.9 Å². The van der Waals surface area contributed by atoms with Gasteiger partial charge >= 0.3 is 17.8 Å². The summed E-state index contributed by atoms with van der Waals surface area (Å²) in [4.78, 5) is 77.7. The number of piperazine rings is 1. The molecule has 6 rings (SSSR count). The number of carbonyl (C=O) groups is 4. The van der Waals surface area contributed by atoms with Crippen LogP contribution in [0.15, 0.2) is 59.5 Å². The molecule has 4 heterocycles. The first kappa shape index (κ1) is 35.6. The highest BCUT2D eigenvalue weighted by Crippen LogP contribution is 2.29. The van der Waals surface area contributed by atoms with Crippen LogP contribution in [0.2, 0.25) is 0 Å². The van der Waals surface area contributed by atoms with E-state index in [1.54, 1.807) is 26.2 Å². The molecule has 2 aliphatic rings. The van der Waals surface area contributed by atoms with Crippen LogP contribution in [0.1, 0.15) is 65.0 Å². The average Bonchev–Trinajstić information content (AvgIpc) is 3.69. The number of likely N-dealkylation sites (tertiary alicyclic amines) is 1. The highest BCUT2D eigenvalue weighted by Gasteiger charge is 2.36. The number of benzene rings is 2. The summed E-state index contributed by atoms with van der Waals surface area (Å²) in [6, 6.07) is 13.0. The summed E-state index contributed by atoms with van der Waals surface area (Å²) >= 11 is 0. The lowest BCUT2D eigenvalue weighted by Crippen LogP contribution is -2.59. The van der Waals surface area contributed by atoms with Crippen molar-refractivity contribution in [1.29, 1.82) is 0 Å². The number of urea groups is 1. The van der Waals surface area contributed by atoms with E-state index in [1.807, 2.05) is 82.4 Å². The van der Waals surface area contributed by atoms with Gasteiger partial charge in [-0.1, -0.05) is 37.3 Å². The molecule has 2 saturated heterocycles. The largest absolute Gasteiger partial charge is 0.444 e. The number of hydrogen-bond donors (Lipinski definition) is 4. The molecule has 3 atom stereocenters. The van der Waals surface area contributed by atoms with Gasteiger partial charge < -0.3 is 40.0 Å². The van der Waals surface area contributed by atoms with Crippen LogP contribution in [-0.4, -0.2) is 110 Å². The number of aromatic amines is 2. The Bertz CT molecular complexity index is 1960. The maximum atomic E-state index is 14.0. The molecule has 0 saturated carbocycles. The molecule has 0 spiro atoms. The second kappa shape index (κ2) is 14.5. The number of carbonyl (C=O) groups excluding carboxylic acids is 4. The first-order chi connectivity index (χ1) is 24.3. The Morgan fingerprint density at radius 2 is 1.45 bits per heavy atom. The van der Waals surface area contributed by atoms with Crippen molar-refractivity contribution >= 4 is 45.9 Å². The highest BCUT2D eigenvalue weighted by atomic mass is 16.6. The Morgan fingerprint density at radius 3 is 2.14 bits per heavy atom. The molecule has 272 valence electrons. The normalized spacial score (nSPS) is 17.6. The van der Waals surface area contributed by atoms with Crippen LogP contribution in [-0.2, 0) is 14.3 Å². The van der Waals surface area contributed by atoms with Gasteiger partial charge in [0.2, 0.25) is 11.8 Å². The molecule has 2 fully saturated rings. The van der Waals surface area contributed by atoms with Gasteiger partial charge in [0.05, 0.1) is 11.0 Å². The Balaban J connectivity index is 1.12. The van der Waals surface area contributed by atoms with Crippen LogP contribution in [0.3, 0.4) is 0 Å². The van der Waals surface area contributed by atoms with Crippen molar-refractivity contribution in [2.75, 3.05) is 39.3 Å². The van der Waals surface area contributed by atoms with E-state index in [2.05, 4.69) is 20.6 Å². The van der Waals surface area contributed by atoms with Crippen LogP contribution in [0.5, 0.6) is 0 Å². The van der Waals surface area contributed by atoms with Crippen molar-refractivity contribution in [2.45, 2.75) is 77.1 Å². The monoisotopic (exact) mass is 700 g/mol. The first-order valence-electron chi connectivity index (χ1n) is 17.7. The van der Waals surface area contributed by atoms with Crippen molar-refractivity contribution in [3.05, 3.63) is 70.8 Å². The molecule has 2 aliphatic heterocycles. The SMILES string of the molecule is C[C@@H](NC(=O)[C@H](NC(=O)N1CCC(n2c(=O)[nH]c3ccccc32)CC1)[C@@H](C)c1c[nH]c2ccccc12)C(=O)N1CCN(C(=O)OC(C)(C)C)CC1. The Labute approximate surface area is 296 Å². The number of fused-ring (bicyclic) bond motifs is 2. The smallest absolute Gasteiger partial charge is 0.410 e. The Hall–Kier alpha value is -5.27. The minimum Gasteiger partial charge on any atom is -0.444 e. The summed E-state index contributed by atoms with van der Waals surface area (Å²) < 4.78 is 7.24.